The van der Waals surface area contributed by atoms with Crippen molar-refractivity contribution >= 4 is 17.5 Å². The molecule has 0 aromatic carbocycles. The van der Waals surface area contributed by atoms with E-state index in [-0.39, 0.29) is 12.2 Å². The van der Waals surface area contributed by atoms with Gasteiger partial charge in [0.05, 0.1) is 0 Å². The van der Waals surface area contributed by atoms with Crippen molar-refractivity contribution in [1.82, 2.24) is 0 Å². The van der Waals surface area contributed by atoms with Crippen LogP contribution in [0.2, 0.25) is 0 Å². The third-order valence-electron chi connectivity index (χ3n) is 0.560. The Hall–Kier alpha value is -1.19. The van der Waals surface area contributed by atoms with Crippen molar-refractivity contribution in [1.29, 1.82) is 0 Å². The van der Waals surface area contributed by atoms with E-state index in [4.69, 9.17) is 5.11 Å². The van der Waals surface area contributed by atoms with Gasteiger partial charge in [0.25, 0.3) is 0 Å². The van der Waals surface area contributed by atoms with Crippen molar-refractivity contribution in [3.8, 4) is 0 Å². The minimum absolute atomic E-state index is 0.0787. The molecule has 4 heteroatoms. The highest BCUT2D eigenvalue weighted by atomic mass is 16.4. The maximum atomic E-state index is 9.91. The summed E-state index contributed by atoms with van der Waals surface area (Å²) in [6, 6.07) is 0. The first kappa shape index (κ1) is 12.5. The predicted octanol–water partition coefficient (Wildman–Crippen LogP) is 0.645. The lowest BCUT2D eigenvalue weighted by Crippen LogP contribution is -2.09. The maximum Gasteiger partial charge on any atom is 0.372 e. The van der Waals surface area contributed by atoms with Crippen LogP contribution in [0.1, 0.15) is 27.2 Å². The molecule has 0 rings (SSSR count). The van der Waals surface area contributed by atoms with Gasteiger partial charge in [-0.05, 0) is 13.8 Å². The molecule has 11 heavy (non-hydrogen) atoms. The highest BCUT2D eigenvalue weighted by Crippen LogP contribution is 1.76. The third kappa shape index (κ3) is 17.7. The second-order valence-corrected chi connectivity index (χ2v) is 1.99. The molecule has 0 fully saturated rings. The molecular weight excluding hydrogens is 148 g/mol. The Labute approximate surface area is 65.2 Å². The fraction of sp³-hybridized carbons (Fsp3) is 0.571. The van der Waals surface area contributed by atoms with Crippen LogP contribution in [0.3, 0.4) is 0 Å². The van der Waals surface area contributed by atoms with Gasteiger partial charge in [-0.15, -0.1) is 0 Å². The van der Waals surface area contributed by atoms with E-state index >= 15 is 0 Å². The van der Waals surface area contributed by atoms with E-state index in [1.54, 1.807) is 0 Å². The summed E-state index contributed by atoms with van der Waals surface area (Å²) in [5, 5.41) is 7.83. The molecule has 0 saturated heterocycles. The van der Waals surface area contributed by atoms with E-state index in [1.165, 1.54) is 20.8 Å². The molecule has 0 bridgehead atoms. The van der Waals surface area contributed by atoms with Gasteiger partial charge in [0.1, 0.15) is 5.78 Å². The Balaban J connectivity index is 0. The zero-order valence-corrected chi connectivity index (χ0v) is 6.88. The number of ketones is 2. The molecule has 0 radical (unpaired) electrons. The first-order valence-corrected chi connectivity index (χ1v) is 3.15. The minimum atomic E-state index is -1.34. The Morgan fingerprint density at radius 3 is 1.45 bits per heavy atom. The van der Waals surface area contributed by atoms with Gasteiger partial charge in [0.2, 0.25) is 5.78 Å². The summed E-state index contributed by atoms with van der Waals surface area (Å²) in [5.74, 6) is -1.91. The standard InChI is InChI=1S/C4H6O3.C3H6O/c1-2-3(5)4(6)7;1-3(2)4/h2H2,1H3,(H,6,7);1-2H3. The van der Waals surface area contributed by atoms with Crippen molar-refractivity contribution in [3.63, 3.8) is 0 Å². The van der Waals surface area contributed by atoms with Gasteiger partial charge in [-0.2, -0.15) is 0 Å². The predicted molar refractivity (Wildman–Crippen MR) is 39.3 cm³/mol. The molecule has 1 N–H and O–H groups in total. The van der Waals surface area contributed by atoms with Crippen LogP contribution < -0.4 is 0 Å². The maximum absolute atomic E-state index is 9.91. The van der Waals surface area contributed by atoms with Crippen molar-refractivity contribution in [2.75, 3.05) is 0 Å². The number of carboxylic acids is 1. The van der Waals surface area contributed by atoms with Crippen molar-refractivity contribution in [3.05, 3.63) is 0 Å². The molecule has 64 valence electrons. The van der Waals surface area contributed by atoms with E-state index in [0.29, 0.717) is 0 Å². The number of rotatable bonds is 2. The summed E-state index contributed by atoms with van der Waals surface area (Å²) in [7, 11) is 0. The van der Waals surface area contributed by atoms with E-state index < -0.39 is 11.8 Å². The number of Topliss-reactive ketones (excluding diaryl/α,β-unsaturated/α-hetero) is 2. The van der Waals surface area contributed by atoms with Crippen LogP contribution >= 0.6 is 0 Å². The zero-order valence-electron chi connectivity index (χ0n) is 6.88. The van der Waals surface area contributed by atoms with E-state index in [2.05, 4.69) is 0 Å². The van der Waals surface area contributed by atoms with Crippen LogP contribution in [0, 0.1) is 0 Å². The molecule has 0 aromatic rings. The minimum Gasteiger partial charge on any atom is -0.476 e. The SMILES string of the molecule is CC(C)=O.CCC(=O)C(=O)O. The lowest BCUT2D eigenvalue weighted by molar-refractivity contribution is -0.148. The number of hydrogen-bond donors (Lipinski definition) is 1. The van der Waals surface area contributed by atoms with Crippen LogP contribution in [0.25, 0.3) is 0 Å². The number of aliphatic carboxylic acids is 1. The summed E-state index contributed by atoms with van der Waals surface area (Å²) in [6.07, 6.45) is 0.0787. The monoisotopic (exact) mass is 160 g/mol. The van der Waals surface area contributed by atoms with Gasteiger partial charge in [0, 0.05) is 6.42 Å². The summed E-state index contributed by atoms with van der Waals surface area (Å²) in [4.78, 5) is 28.9. The van der Waals surface area contributed by atoms with Gasteiger partial charge < -0.3 is 9.90 Å². The number of carboxylic acid groups (broad SMARTS) is 1. The molecule has 0 aliphatic heterocycles. The molecular formula is C7H12O4. The smallest absolute Gasteiger partial charge is 0.372 e. The van der Waals surface area contributed by atoms with Crippen molar-refractivity contribution in [2.24, 2.45) is 0 Å². The molecule has 0 spiro atoms. The van der Waals surface area contributed by atoms with Crippen LogP contribution in [0.5, 0.6) is 0 Å². The average Bonchev–Trinajstić information content (AvgIpc) is 1.85. The second-order valence-electron chi connectivity index (χ2n) is 1.99. The van der Waals surface area contributed by atoms with Gasteiger partial charge in [-0.1, -0.05) is 6.92 Å². The van der Waals surface area contributed by atoms with Crippen LogP contribution in [0.4, 0.5) is 0 Å². The van der Waals surface area contributed by atoms with Crippen LogP contribution in [0.15, 0.2) is 0 Å². The fourth-order valence-corrected chi connectivity index (χ4v) is 0.151. The molecule has 0 aromatic heterocycles. The number of carbonyl (C=O) groups is 3. The molecule has 0 saturated carbocycles. The van der Waals surface area contributed by atoms with Gasteiger partial charge in [-0.25, -0.2) is 4.79 Å². The zero-order chi connectivity index (χ0) is 9.44. The quantitative estimate of drug-likeness (QED) is 0.602. The number of carbonyl (C=O) groups excluding carboxylic acids is 2. The highest BCUT2D eigenvalue weighted by molar-refractivity contribution is 6.32. The Bertz CT molecular complexity index is 156. The molecule has 0 heterocycles. The van der Waals surface area contributed by atoms with Crippen molar-refractivity contribution < 1.29 is 19.5 Å². The Morgan fingerprint density at radius 2 is 1.45 bits per heavy atom. The first-order chi connectivity index (χ1) is 4.91. The number of hydrogen-bond acceptors (Lipinski definition) is 3. The molecule has 0 unspecified atom stereocenters. The van der Waals surface area contributed by atoms with E-state index in [1.807, 2.05) is 0 Å². The Kier molecular flexibility index (Phi) is 7.86. The van der Waals surface area contributed by atoms with Crippen LogP contribution in [-0.2, 0) is 14.4 Å². The lowest BCUT2D eigenvalue weighted by Gasteiger charge is -1.80. The second kappa shape index (κ2) is 6.92. The Morgan fingerprint density at radius 1 is 1.18 bits per heavy atom. The van der Waals surface area contributed by atoms with E-state index in [9.17, 15) is 14.4 Å². The highest BCUT2D eigenvalue weighted by Gasteiger charge is 2.05. The molecule has 4 nitrogen and oxygen atoms in total. The third-order valence-corrected chi connectivity index (χ3v) is 0.560. The lowest BCUT2D eigenvalue weighted by atomic mass is 10.3. The van der Waals surface area contributed by atoms with Gasteiger partial charge in [-0.3, -0.25) is 4.79 Å². The van der Waals surface area contributed by atoms with Crippen molar-refractivity contribution in [2.45, 2.75) is 27.2 Å². The summed E-state index contributed by atoms with van der Waals surface area (Å²) >= 11 is 0. The summed E-state index contributed by atoms with van der Waals surface area (Å²) in [5.41, 5.74) is 0. The summed E-state index contributed by atoms with van der Waals surface area (Å²) < 4.78 is 0. The molecule has 0 atom stereocenters. The average molecular weight is 160 g/mol. The van der Waals surface area contributed by atoms with Crippen LogP contribution in [-0.4, -0.2) is 22.6 Å². The van der Waals surface area contributed by atoms with E-state index in [0.717, 1.165) is 0 Å². The van der Waals surface area contributed by atoms with Gasteiger partial charge in [0.15, 0.2) is 0 Å². The largest absolute Gasteiger partial charge is 0.476 e. The normalized spacial score (nSPS) is 7.55. The fourth-order valence-electron chi connectivity index (χ4n) is 0.151. The molecule has 0 aliphatic carbocycles. The molecule has 0 aliphatic rings. The summed E-state index contributed by atoms with van der Waals surface area (Å²) in [6.45, 7) is 4.57. The van der Waals surface area contributed by atoms with Gasteiger partial charge >= 0.3 is 5.97 Å². The first-order valence-electron chi connectivity index (χ1n) is 3.15. The topological polar surface area (TPSA) is 71.4 Å². The molecule has 0 amide bonds.